The highest BCUT2D eigenvalue weighted by Gasteiger charge is 2.28. The Labute approximate surface area is 124 Å². The number of fused-ring (bicyclic) bond motifs is 1. The van der Waals surface area contributed by atoms with Gasteiger partial charge in [-0.05, 0) is 30.4 Å². The number of nitrogens with zero attached hydrogens (tertiary/aromatic N) is 2. The summed E-state index contributed by atoms with van der Waals surface area (Å²) in [6.45, 7) is 3.13. The van der Waals surface area contributed by atoms with Gasteiger partial charge in [-0.25, -0.2) is 0 Å². The SMILES string of the molecule is CC(O)c1cc([N+](=O)[O-])c(N2CCc3sccc3C2)s1. The van der Waals surface area contributed by atoms with Crippen molar-refractivity contribution in [1.82, 2.24) is 0 Å². The molecule has 3 heterocycles. The van der Waals surface area contributed by atoms with Crippen molar-refractivity contribution in [3.63, 3.8) is 0 Å². The van der Waals surface area contributed by atoms with Crippen molar-refractivity contribution in [2.75, 3.05) is 11.4 Å². The molecule has 0 bridgehead atoms. The maximum atomic E-state index is 11.2. The van der Waals surface area contributed by atoms with Gasteiger partial charge in [0.1, 0.15) is 0 Å². The van der Waals surface area contributed by atoms with Crippen molar-refractivity contribution in [1.29, 1.82) is 0 Å². The summed E-state index contributed by atoms with van der Waals surface area (Å²) in [6, 6.07) is 3.58. The van der Waals surface area contributed by atoms with Gasteiger partial charge in [0.05, 0.1) is 11.0 Å². The molecule has 106 valence electrons. The van der Waals surface area contributed by atoms with Gasteiger partial charge in [-0.1, -0.05) is 0 Å². The smallest absolute Gasteiger partial charge is 0.304 e. The van der Waals surface area contributed by atoms with Crippen LogP contribution in [0.3, 0.4) is 0 Å². The zero-order valence-corrected chi connectivity index (χ0v) is 12.5. The quantitative estimate of drug-likeness (QED) is 0.697. The number of thiophene rings is 2. The molecule has 0 aromatic carbocycles. The summed E-state index contributed by atoms with van der Waals surface area (Å²) in [4.78, 5) is 14.9. The molecular weight excluding hydrogens is 296 g/mol. The van der Waals surface area contributed by atoms with Crippen LogP contribution in [0.1, 0.15) is 28.3 Å². The van der Waals surface area contributed by atoms with E-state index < -0.39 is 6.10 Å². The van der Waals surface area contributed by atoms with Crippen molar-refractivity contribution < 1.29 is 10.0 Å². The number of aliphatic hydroxyl groups is 1. The van der Waals surface area contributed by atoms with E-state index in [9.17, 15) is 15.2 Å². The normalized spacial score (nSPS) is 16.0. The number of hydrogen-bond donors (Lipinski definition) is 1. The minimum atomic E-state index is -0.672. The fourth-order valence-corrected chi connectivity index (χ4v) is 4.35. The van der Waals surface area contributed by atoms with Crippen LogP contribution in [0.2, 0.25) is 0 Å². The molecule has 1 aliphatic heterocycles. The van der Waals surface area contributed by atoms with E-state index in [4.69, 9.17) is 0 Å². The molecule has 3 rings (SSSR count). The fourth-order valence-electron chi connectivity index (χ4n) is 2.37. The molecule has 1 atom stereocenters. The highest BCUT2D eigenvalue weighted by atomic mass is 32.1. The Balaban J connectivity index is 1.96. The topological polar surface area (TPSA) is 66.6 Å². The van der Waals surface area contributed by atoms with Crippen LogP contribution in [0.15, 0.2) is 17.5 Å². The maximum absolute atomic E-state index is 11.2. The molecule has 0 saturated heterocycles. The summed E-state index contributed by atoms with van der Waals surface area (Å²) in [5.74, 6) is 0. The number of hydrogen-bond acceptors (Lipinski definition) is 6. The van der Waals surface area contributed by atoms with Crippen molar-refractivity contribution in [3.8, 4) is 0 Å². The zero-order chi connectivity index (χ0) is 14.3. The molecule has 5 nitrogen and oxygen atoms in total. The molecule has 0 aliphatic carbocycles. The first-order valence-electron chi connectivity index (χ1n) is 6.32. The van der Waals surface area contributed by atoms with E-state index in [2.05, 4.69) is 11.4 Å². The highest BCUT2D eigenvalue weighted by Crippen LogP contribution is 2.42. The Morgan fingerprint density at radius 3 is 3.05 bits per heavy atom. The van der Waals surface area contributed by atoms with Gasteiger partial charge in [0, 0.05) is 28.9 Å². The van der Waals surface area contributed by atoms with Crippen LogP contribution in [0.25, 0.3) is 0 Å². The summed E-state index contributed by atoms with van der Waals surface area (Å²) < 4.78 is 0. The van der Waals surface area contributed by atoms with Crippen LogP contribution < -0.4 is 4.90 Å². The van der Waals surface area contributed by atoms with E-state index in [0.717, 1.165) is 13.0 Å². The van der Waals surface area contributed by atoms with Gasteiger partial charge in [-0.3, -0.25) is 10.1 Å². The second-order valence-electron chi connectivity index (χ2n) is 4.81. The lowest BCUT2D eigenvalue weighted by Gasteiger charge is -2.27. The minimum absolute atomic E-state index is 0.101. The third-order valence-electron chi connectivity index (χ3n) is 3.42. The number of nitro groups is 1. The number of aliphatic hydroxyl groups excluding tert-OH is 1. The molecule has 0 radical (unpaired) electrons. The monoisotopic (exact) mass is 310 g/mol. The van der Waals surface area contributed by atoms with Gasteiger partial charge >= 0.3 is 5.69 Å². The fraction of sp³-hybridized carbons (Fsp3) is 0.385. The van der Waals surface area contributed by atoms with E-state index in [1.807, 2.05) is 4.90 Å². The van der Waals surface area contributed by atoms with Crippen molar-refractivity contribution in [2.45, 2.75) is 26.0 Å². The Morgan fingerprint density at radius 1 is 1.55 bits per heavy atom. The van der Waals surface area contributed by atoms with Gasteiger partial charge < -0.3 is 10.0 Å². The Hall–Kier alpha value is -1.44. The van der Waals surface area contributed by atoms with Gasteiger partial charge in [-0.15, -0.1) is 22.7 Å². The van der Waals surface area contributed by atoms with Crippen LogP contribution in [0.4, 0.5) is 10.7 Å². The van der Waals surface area contributed by atoms with Crippen molar-refractivity contribution in [3.05, 3.63) is 42.9 Å². The average Bonchev–Trinajstić information content (AvgIpc) is 3.04. The largest absolute Gasteiger partial charge is 0.388 e. The number of anilines is 1. The van der Waals surface area contributed by atoms with Crippen LogP contribution >= 0.6 is 22.7 Å². The van der Waals surface area contributed by atoms with Crippen molar-refractivity contribution >= 4 is 33.4 Å². The van der Waals surface area contributed by atoms with Crippen LogP contribution in [0.5, 0.6) is 0 Å². The second-order valence-corrected chi connectivity index (χ2v) is 6.88. The predicted molar refractivity (Wildman–Crippen MR) is 80.7 cm³/mol. The second kappa shape index (κ2) is 5.16. The minimum Gasteiger partial charge on any atom is -0.388 e. The summed E-state index contributed by atoms with van der Waals surface area (Å²) in [7, 11) is 0. The molecule has 0 fully saturated rings. The summed E-state index contributed by atoms with van der Waals surface area (Å²) in [6.07, 6.45) is 0.250. The molecule has 0 saturated carbocycles. The molecule has 2 aromatic rings. The Morgan fingerprint density at radius 2 is 2.35 bits per heavy atom. The zero-order valence-electron chi connectivity index (χ0n) is 10.9. The average molecular weight is 310 g/mol. The number of rotatable bonds is 3. The molecule has 0 spiro atoms. The lowest BCUT2D eigenvalue weighted by atomic mass is 10.1. The first kappa shape index (κ1) is 13.5. The van der Waals surface area contributed by atoms with Gasteiger partial charge in [0.25, 0.3) is 0 Å². The standard InChI is InChI=1S/C13H14N2O3S2/c1-8(16)12-6-10(15(17)18)13(20-12)14-4-2-11-9(7-14)3-5-19-11/h3,5-6,8,16H,2,4,7H2,1H3. The molecule has 0 amide bonds. The highest BCUT2D eigenvalue weighted by molar-refractivity contribution is 7.16. The van der Waals surface area contributed by atoms with E-state index in [1.165, 1.54) is 27.8 Å². The van der Waals surface area contributed by atoms with Gasteiger partial charge in [-0.2, -0.15) is 0 Å². The van der Waals surface area contributed by atoms with Crippen LogP contribution in [0, 0.1) is 10.1 Å². The van der Waals surface area contributed by atoms with Crippen LogP contribution in [-0.4, -0.2) is 16.6 Å². The third kappa shape index (κ3) is 2.32. The molecule has 2 aromatic heterocycles. The van der Waals surface area contributed by atoms with E-state index in [0.29, 0.717) is 16.4 Å². The lowest BCUT2D eigenvalue weighted by molar-refractivity contribution is -0.383. The first-order chi connectivity index (χ1) is 9.56. The summed E-state index contributed by atoms with van der Waals surface area (Å²) in [5.41, 5.74) is 1.35. The van der Waals surface area contributed by atoms with E-state index >= 15 is 0 Å². The third-order valence-corrected chi connectivity index (χ3v) is 5.79. The molecule has 7 heteroatoms. The molecular formula is C13H14N2O3S2. The molecule has 20 heavy (non-hydrogen) atoms. The Kier molecular flexibility index (Phi) is 3.49. The van der Waals surface area contributed by atoms with Gasteiger partial charge in [0.15, 0.2) is 5.00 Å². The maximum Gasteiger partial charge on any atom is 0.304 e. The van der Waals surface area contributed by atoms with E-state index in [-0.39, 0.29) is 10.6 Å². The van der Waals surface area contributed by atoms with Crippen LogP contribution in [-0.2, 0) is 13.0 Å². The summed E-state index contributed by atoms with van der Waals surface area (Å²) in [5, 5.41) is 23.6. The first-order valence-corrected chi connectivity index (χ1v) is 8.02. The summed E-state index contributed by atoms with van der Waals surface area (Å²) >= 11 is 3.06. The van der Waals surface area contributed by atoms with Crippen molar-refractivity contribution in [2.24, 2.45) is 0 Å². The predicted octanol–water partition coefficient (Wildman–Crippen LogP) is 3.33. The Bertz CT molecular complexity index is 648. The molecule has 1 N–H and O–H groups in total. The lowest BCUT2D eigenvalue weighted by Crippen LogP contribution is -2.29. The van der Waals surface area contributed by atoms with Gasteiger partial charge in [0.2, 0.25) is 0 Å². The molecule has 1 aliphatic rings. The van der Waals surface area contributed by atoms with E-state index in [1.54, 1.807) is 18.3 Å². The molecule has 1 unspecified atom stereocenters.